The number of nitrogens with zero attached hydrogens (tertiary/aromatic N) is 2. The number of nitriles is 1. The summed E-state index contributed by atoms with van der Waals surface area (Å²) in [5.74, 6) is 1.88. The molecule has 1 aromatic heterocycles. The van der Waals surface area contributed by atoms with Gasteiger partial charge in [-0.05, 0) is 19.1 Å². The average molecular weight is 206 g/mol. The molecule has 4 nitrogen and oxygen atoms in total. The van der Waals surface area contributed by atoms with Crippen LogP contribution in [0.4, 0.5) is 0 Å². The SMILES string of the molecule is Cc1ccc(CN2CCOC(C#N)C2)o1. The predicted octanol–water partition coefficient (Wildman–Crippen LogP) is 1.31. The molecule has 0 bridgehead atoms. The van der Waals surface area contributed by atoms with Crippen molar-refractivity contribution in [2.75, 3.05) is 19.7 Å². The quantitative estimate of drug-likeness (QED) is 0.732. The summed E-state index contributed by atoms with van der Waals surface area (Å²) in [5.41, 5.74) is 0. The summed E-state index contributed by atoms with van der Waals surface area (Å²) in [5, 5.41) is 8.75. The third-order valence-corrected chi connectivity index (χ3v) is 2.47. The molecular weight excluding hydrogens is 192 g/mol. The molecule has 1 unspecified atom stereocenters. The van der Waals surface area contributed by atoms with Crippen molar-refractivity contribution in [1.29, 1.82) is 5.26 Å². The molecule has 15 heavy (non-hydrogen) atoms. The van der Waals surface area contributed by atoms with E-state index >= 15 is 0 Å². The van der Waals surface area contributed by atoms with Crippen LogP contribution in [0.25, 0.3) is 0 Å². The fraction of sp³-hybridized carbons (Fsp3) is 0.545. The minimum absolute atomic E-state index is 0.296. The number of aryl methyl sites for hydroxylation is 1. The topological polar surface area (TPSA) is 49.4 Å². The van der Waals surface area contributed by atoms with Crippen LogP contribution in [-0.2, 0) is 11.3 Å². The van der Waals surface area contributed by atoms with Gasteiger partial charge in [0.1, 0.15) is 11.5 Å². The Kier molecular flexibility index (Phi) is 3.05. The van der Waals surface area contributed by atoms with E-state index in [9.17, 15) is 0 Å². The summed E-state index contributed by atoms with van der Waals surface area (Å²) >= 11 is 0. The molecule has 1 aliphatic heterocycles. The van der Waals surface area contributed by atoms with Crippen LogP contribution >= 0.6 is 0 Å². The maximum Gasteiger partial charge on any atom is 0.156 e. The van der Waals surface area contributed by atoms with Gasteiger partial charge in [0, 0.05) is 13.1 Å². The van der Waals surface area contributed by atoms with Gasteiger partial charge in [0.2, 0.25) is 0 Å². The fourth-order valence-corrected chi connectivity index (χ4v) is 1.71. The van der Waals surface area contributed by atoms with Crippen LogP contribution in [0.15, 0.2) is 16.5 Å². The molecule has 0 spiro atoms. The lowest BCUT2D eigenvalue weighted by molar-refractivity contribution is -0.00493. The standard InChI is InChI=1S/C11H14N2O2/c1-9-2-3-10(15-9)7-13-4-5-14-11(6-12)8-13/h2-3,11H,4-5,7-8H2,1H3. The number of furan rings is 1. The second kappa shape index (κ2) is 4.47. The highest BCUT2D eigenvalue weighted by Crippen LogP contribution is 2.12. The molecule has 1 aliphatic rings. The Morgan fingerprint density at radius 1 is 1.60 bits per heavy atom. The van der Waals surface area contributed by atoms with Gasteiger partial charge in [0.15, 0.2) is 6.10 Å². The summed E-state index contributed by atoms with van der Waals surface area (Å²) < 4.78 is 10.8. The van der Waals surface area contributed by atoms with Gasteiger partial charge in [0.25, 0.3) is 0 Å². The van der Waals surface area contributed by atoms with Gasteiger partial charge < -0.3 is 9.15 Å². The van der Waals surface area contributed by atoms with Crippen molar-refractivity contribution in [3.05, 3.63) is 23.7 Å². The summed E-state index contributed by atoms with van der Waals surface area (Å²) in [7, 11) is 0. The molecule has 0 saturated carbocycles. The van der Waals surface area contributed by atoms with E-state index in [4.69, 9.17) is 14.4 Å². The van der Waals surface area contributed by atoms with Gasteiger partial charge in [-0.15, -0.1) is 0 Å². The molecular formula is C11H14N2O2. The monoisotopic (exact) mass is 206 g/mol. The highest BCUT2D eigenvalue weighted by atomic mass is 16.5. The first-order valence-corrected chi connectivity index (χ1v) is 5.07. The van der Waals surface area contributed by atoms with E-state index in [2.05, 4.69) is 11.0 Å². The van der Waals surface area contributed by atoms with Crippen molar-refractivity contribution < 1.29 is 9.15 Å². The van der Waals surface area contributed by atoms with Crippen LogP contribution in [0.1, 0.15) is 11.5 Å². The van der Waals surface area contributed by atoms with E-state index < -0.39 is 0 Å². The number of ether oxygens (including phenoxy) is 1. The zero-order valence-corrected chi connectivity index (χ0v) is 8.77. The third kappa shape index (κ3) is 2.58. The van der Waals surface area contributed by atoms with E-state index in [0.29, 0.717) is 13.2 Å². The highest BCUT2D eigenvalue weighted by molar-refractivity contribution is 5.05. The van der Waals surface area contributed by atoms with Gasteiger partial charge in [-0.2, -0.15) is 5.26 Å². The molecule has 0 aromatic carbocycles. The minimum atomic E-state index is -0.296. The van der Waals surface area contributed by atoms with Crippen LogP contribution in [0.2, 0.25) is 0 Å². The number of morpholine rings is 1. The van der Waals surface area contributed by atoms with Crippen LogP contribution in [-0.4, -0.2) is 30.7 Å². The summed E-state index contributed by atoms with van der Waals surface area (Å²) in [6, 6.07) is 6.06. The zero-order chi connectivity index (χ0) is 10.7. The molecule has 0 amide bonds. The van der Waals surface area contributed by atoms with Gasteiger partial charge in [-0.1, -0.05) is 0 Å². The molecule has 1 fully saturated rings. The number of hydrogen-bond acceptors (Lipinski definition) is 4. The highest BCUT2D eigenvalue weighted by Gasteiger charge is 2.20. The Balaban J connectivity index is 1.92. The van der Waals surface area contributed by atoms with E-state index in [1.165, 1.54) is 0 Å². The van der Waals surface area contributed by atoms with Gasteiger partial charge in [-0.25, -0.2) is 0 Å². The molecule has 1 aromatic rings. The Labute approximate surface area is 89.0 Å². The van der Waals surface area contributed by atoms with E-state index in [1.54, 1.807) is 0 Å². The molecule has 0 radical (unpaired) electrons. The summed E-state index contributed by atoms with van der Waals surface area (Å²) in [6.45, 7) is 4.84. The molecule has 4 heteroatoms. The van der Waals surface area contributed by atoms with Gasteiger partial charge in [0.05, 0.1) is 19.2 Å². The lowest BCUT2D eigenvalue weighted by Gasteiger charge is -2.28. The third-order valence-electron chi connectivity index (χ3n) is 2.47. The van der Waals surface area contributed by atoms with E-state index in [-0.39, 0.29) is 6.10 Å². The maximum atomic E-state index is 8.75. The molecule has 0 N–H and O–H groups in total. The first-order chi connectivity index (χ1) is 7.28. The first-order valence-electron chi connectivity index (χ1n) is 5.07. The van der Waals surface area contributed by atoms with Crippen LogP contribution in [0.3, 0.4) is 0 Å². The van der Waals surface area contributed by atoms with Gasteiger partial charge in [-0.3, -0.25) is 4.90 Å². The molecule has 80 valence electrons. The molecule has 0 aliphatic carbocycles. The number of hydrogen-bond donors (Lipinski definition) is 0. The lowest BCUT2D eigenvalue weighted by Crippen LogP contribution is -2.41. The van der Waals surface area contributed by atoms with Crippen LogP contribution in [0.5, 0.6) is 0 Å². The summed E-state index contributed by atoms with van der Waals surface area (Å²) in [6.07, 6.45) is -0.296. The minimum Gasteiger partial charge on any atom is -0.465 e. The van der Waals surface area contributed by atoms with E-state index in [0.717, 1.165) is 24.6 Å². The van der Waals surface area contributed by atoms with E-state index in [1.807, 2.05) is 19.1 Å². The summed E-state index contributed by atoms with van der Waals surface area (Å²) in [4.78, 5) is 2.18. The lowest BCUT2D eigenvalue weighted by atomic mass is 10.3. The Bertz CT molecular complexity index is 367. The second-order valence-electron chi connectivity index (χ2n) is 3.74. The average Bonchev–Trinajstić information content (AvgIpc) is 2.64. The van der Waals surface area contributed by atoms with Crippen LogP contribution < -0.4 is 0 Å². The smallest absolute Gasteiger partial charge is 0.156 e. The Morgan fingerprint density at radius 2 is 2.47 bits per heavy atom. The molecule has 1 atom stereocenters. The van der Waals surface area contributed by atoms with Crippen LogP contribution in [0, 0.1) is 18.3 Å². The van der Waals surface area contributed by atoms with Crippen molar-refractivity contribution in [1.82, 2.24) is 4.90 Å². The Morgan fingerprint density at radius 3 is 3.13 bits per heavy atom. The zero-order valence-electron chi connectivity index (χ0n) is 8.77. The van der Waals surface area contributed by atoms with Crippen molar-refractivity contribution in [2.24, 2.45) is 0 Å². The molecule has 2 rings (SSSR count). The van der Waals surface area contributed by atoms with Crippen molar-refractivity contribution in [2.45, 2.75) is 19.6 Å². The number of rotatable bonds is 2. The largest absolute Gasteiger partial charge is 0.465 e. The predicted molar refractivity (Wildman–Crippen MR) is 54.1 cm³/mol. The Hall–Kier alpha value is -1.31. The molecule has 2 heterocycles. The van der Waals surface area contributed by atoms with Gasteiger partial charge >= 0.3 is 0 Å². The maximum absolute atomic E-state index is 8.75. The normalized spacial score (nSPS) is 22.5. The molecule has 1 saturated heterocycles. The first kappa shape index (κ1) is 10.2. The fourth-order valence-electron chi connectivity index (χ4n) is 1.71. The second-order valence-corrected chi connectivity index (χ2v) is 3.74. The van der Waals surface area contributed by atoms with Crippen molar-refractivity contribution in [3.8, 4) is 6.07 Å². The van der Waals surface area contributed by atoms with Crippen molar-refractivity contribution >= 4 is 0 Å². The van der Waals surface area contributed by atoms with Crippen molar-refractivity contribution in [3.63, 3.8) is 0 Å².